The lowest BCUT2D eigenvalue weighted by molar-refractivity contribution is -0.131. The van der Waals surface area contributed by atoms with E-state index >= 15 is 0 Å². The van der Waals surface area contributed by atoms with Crippen molar-refractivity contribution in [2.45, 2.75) is 37.7 Å². The highest BCUT2D eigenvalue weighted by Gasteiger charge is 2.18. The zero-order valence-corrected chi connectivity index (χ0v) is 17.9. The zero-order chi connectivity index (χ0) is 20.8. The van der Waals surface area contributed by atoms with E-state index in [2.05, 4.69) is 50.7 Å². The minimum absolute atomic E-state index is 0.142. The summed E-state index contributed by atoms with van der Waals surface area (Å²) in [5.41, 5.74) is 3.85. The van der Waals surface area contributed by atoms with Crippen LogP contribution in [0.5, 0.6) is 0 Å². The van der Waals surface area contributed by atoms with Crippen LogP contribution >= 0.6 is 11.8 Å². The number of nitrogens with zero attached hydrogens (tertiary/aromatic N) is 4. The normalized spacial score (nSPS) is 12.1. The number of hydrogen-bond donors (Lipinski definition) is 2. The first-order valence-electron chi connectivity index (χ1n) is 9.36. The van der Waals surface area contributed by atoms with Crippen molar-refractivity contribution in [3.8, 4) is 0 Å². The Morgan fingerprint density at radius 3 is 2.86 bits per heavy atom. The molecule has 1 atom stereocenters. The molecule has 3 rings (SSSR count). The summed E-state index contributed by atoms with van der Waals surface area (Å²) in [6, 6.07) is 8.34. The zero-order valence-electron chi connectivity index (χ0n) is 17.1. The van der Waals surface area contributed by atoms with Gasteiger partial charge in [-0.3, -0.25) is 4.79 Å². The number of ether oxygens (including phenoxy) is 1. The molecule has 1 amide bonds. The second-order valence-corrected chi connectivity index (χ2v) is 7.41. The third-order valence-electron chi connectivity index (χ3n) is 4.62. The van der Waals surface area contributed by atoms with Gasteiger partial charge in [0.2, 0.25) is 5.91 Å². The van der Waals surface area contributed by atoms with Gasteiger partial charge in [0.15, 0.2) is 22.1 Å². The number of aromatic nitrogens is 4. The van der Waals surface area contributed by atoms with Crippen LogP contribution in [0.15, 0.2) is 35.7 Å². The Morgan fingerprint density at radius 2 is 2.17 bits per heavy atom. The van der Waals surface area contributed by atoms with E-state index in [1.807, 2.05) is 16.9 Å². The van der Waals surface area contributed by atoms with Crippen LogP contribution in [0.2, 0.25) is 0 Å². The maximum Gasteiger partial charge on any atom is 0.248 e. The lowest BCUT2D eigenvalue weighted by atomic mass is 10.1. The molecule has 0 saturated heterocycles. The van der Waals surface area contributed by atoms with E-state index in [-0.39, 0.29) is 5.91 Å². The molecule has 0 saturated carbocycles. The molecule has 0 bridgehead atoms. The molecule has 0 aliphatic rings. The van der Waals surface area contributed by atoms with Gasteiger partial charge in [-0.25, -0.2) is 15.0 Å². The van der Waals surface area contributed by atoms with Crippen LogP contribution in [-0.2, 0) is 22.6 Å². The molecule has 0 spiro atoms. The largest absolute Gasteiger partial charge is 0.372 e. The summed E-state index contributed by atoms with van der Waals surface area (Å²) in [7, 11) is 3.14. The van der Waals surface area contributed by atoms with Crippen molar-refractivity contribution < 1.29 is 9.53 Å². The summed E-state index contributed by atoms with van der Waals surface area (Å²) >= 11 is 1.48. The SMILES string of the molecule is CNC(=O)C(CCn1cnc2c(NCc3cccc(C)c3)nc(SC)nc21)OC. The minimum Gasteiger partial charge on any atom is -0.372 e. The number of anilines is 1. The predicted octanol–water partition coefficient (Wildman–Crippen LogP) is 2.62. The maximum atomic E-state index is 11.9. The number of likely N-dealkylation sites (N-methyl/N-ethyl adjacent to an activating group) is 1. The Labute approximate surface area is 174 Å². The van der Waals surface area contributed by atoms with Gasteiger partial charge in [0.05, 0.1) is 6.33 Å². The van der Waals surface area contributed by atoms with Crippen LogP contribution in [-0.4, -0.2) is 51.9 Å². The quantitative estimate of drug-likeness (QED) is 0.411. The average molecular weight is 415 g/mol. The summed E-state index contributed by atoms with van der Waals surface area (Å²) in [4.78, 5) is 25.6. The molecule has 1 unspecified atom stereocenters. The third-order valence-corrected chi connectivity index (χ3v) is 5.17. The molecule has 29 heavy (non-hydrogen) atoms. The van der Waals surface area contributed by atoms with Crippen LogP contribution < -0.4 is 10.6 Å². The maximum absolute atomic E-state index is 11.9. The Kier molecular flexibility index (Phi) is 7.05. The van der Waals surface area contributed by atoms with Gasteiger partial charge in [0, 0.05) is 33.7 Å². The Balaban J connectivity index is 1.83. The number of amides is 1. The molecular weight excluding hydrogens is 388 g/mol. The van der Waals surface area contributed by atoms with Crippen molar-refractivity contribution in [3.63, 3.8) is 0 Å². The first kappa shape index (κ1) is 21.1. The number of carbonyl (C=O) groups excluding carboxylic acids is 1. The van der Waals surface area contributed by atoms with E-state index in [1.54, 1.807) is 13.4 Å². The Morgan fingerprint density at radius 1 is 1.34 bits per heavy atom. The fourth-order valence-corrected chi connectivity index (χ4v) is 3.44. The number of carbonyl (C=O) groups is 1. The minimum atomic E-state index is -0.516. The van der Waals surface area contributed by atoms with Gasteiger partial charge in [-0.15, -0.1) is 0 Å². The molecule has 2 heterocycles. The standard InChI is InChI=1S/C20H26N6O2S/c1-13-6-5-7-14(10-13)11-22-17-16-18(25-20(24-17)29-4)26(12-23-16)9-8-15(28-3)19(27)21-2/h5-7,10,12,15H,8-9,11H2,1-4H3,(H,21,27)(H,22,24,25). The summed E-state index contributed by atoms with van der Waals surface area (Å²) in [6.45, 7) is 3.29. The molecule has 2 aromatic heterocycles. The number of fused-ring (bicyclic) bond motifs is 1. The summed E-state index contributed by atoms with van der Waals surface area (Å²) in [6.07, 6.45) is 3.68. The monoisotopic (exact) mass is 414 g/mol. The number of rotatable bonds is 9. The van der Waals surface area contributed by atoms with Crippen LogP contribution in [0.3, 0.4) is 0 Å². The van der Waals surface area contributed by atoms with Crippen molar-refractivity contribution in [2.24, 2.45) is 0 Å². The van der Waals surface area contributed by atoms with E-state index in [0.29, 0.717) is 36.0 Å². The van der Waals surface area contributed by atoms with Crippen molar-refractivity contribution >= 4 is 34.7 Å². The molecule has 8 nitrogen and oxygen atoms in total. The number of benzene rings is 1. The number of methoxy groups -OCH3 is 1. The molecule has 154 valence electrons. The number of nitrogens with one attached hydrogen (secondary N) is 2. The number of hydrogen-bond acceptors (Lipinski definition) is 7. The predicted molar refractivity (Wildman–Crippen MR) is 115 cm³/mol. The number of imidazole rings is 1. The first-order valence-corrected chi connectivity index (χ1v) is 10.6. The fourth-order valence-electron chi connectivity index (χ4n) is 3.08. The van der Waals surface area contributed by atoms with Crippen LogP contribution in [0.4, 0.5) is 5.82 Å². The lowest BCUT2D eigenvalue weighted by Gasteiger charge is -2.14. The van der Waals surface area contributed by atoms with Gasteiger partial charge >= 0.3 is 0 Å². The third kappa shape index (κ3) is 5.04. The van der Waals surface area contributed by atoms with Crippen molar-refractivity contribution in [1.29, 1.82) is 0 Å². The second kappa shape index (κ2) is 9.71. The van der Waals surface area contributed by atoms with Gasteiger partial charge in [-0.1, -0.05) is 41.6 Å². The number of thioether (sulfide) groups is 1. The Bertz CT molecular complexity index is 990. The van der Waals surface area contributed by atoms with Crippen molar-refractivity contribution in [3.05, 3.63) is 41.7 Å². The molecule has 1 aromatic carbocycles. The van der Waals surface area contributed by atoms with Crippen LogP contribution in [0.25, 0.3) is 11.2 Å². The van der Waals surface area contributed by atoms with Crippen molar-refractivity contribution in [1.82, 2.24) is 24.8 Å². The van der Waals surface area contributed by atoms with E-state index in [9.17, 15) is 4.79 Å². The summed E-state index contributed by atoms with van der Waals surface area (Å²) in [5.74, 6) is 0.561. The van der Waals surface area contributed by atoms with E-state index in [4.69, 9.17) is 4.74 Å². The number of aryl methyl sites for hydroxylation is 2. The molecule has 3 aromatic rings. The smallest absolute Gasteiger partial charge is 0.248 e. The van der Waals surface area contributed by atoms with Gasteiger partial charge < -0.3 is 19.9 Å². The molecule has 0 radical (unpaired) electrons. The van der Waals surface area contributed by atoms with Crippen LogP contribution in [0, 0.1) is 6.92 Å². The molecule has 0 fully saturated rings. The van der Waals surface area contributed by atoms with E-state index < -0.39 is 6.10 Å². The average Bonchev–Trinajstić information content (AvgIpc) is 3.15. The van der Waals surface area contributed by atoms with Crippen molar-refractivity contribution in [2.75, 3.05) is 25.7 Å². The fraction of sp³-hybridized carbons (Fsp3) is 0.400. The van der Waals surface area contributed by atoms with Gasteiger partial charge in [0.1, 0.15) is 6.10 Å². The van der Waals surface area contributed by atoms with E-state index in [1.165, 1.54) is 30.0 Å². The molecule has 2 N–H and O–H groups in total. The summed E-state index contributed by atoms with van der Waals surface area (Å²) < 4.78 is 7.22. The highest BCUT2D eigenvalue weighted by molar-refractivity contribution is 7.98. The Hall–Kier alpha value is -2.65. The lowest BCUT2D eigenvalue weighted by Crippen LogP contribution is -2.34. The van der Waals surface area contributed by atoms with E-state index in [0.717, 1.165) is 5.65 Å². The molecule has 0 aliphatic heterocycles. The van der Waals surface area contributed by atoms with Crippen LogP contribution in [0.1, 0.15) is 17.5 Å². The highest BCUT2D eigenvalue weighted by atomic mass is 32.2. The second-order valence-electron chi connectivity index (χ2n) is 6.64. The molecule has 0 aliphatic carbocycles. The first-order chi connectivity index (χ1) is 14.0. The van der Waals surface area contributed by atoms with Gasteiger partial charge in [-0.05, 0) is 18.7 Å². The van der Waals surface area contributed by atoms with Gasteiger partial charge in [0.25, 0.3) is 0 Å². The molecule has 9 heteroatoms. The molecular formula is C20H26N6O2S. The van der Waals surface area contributed by atoms with Gasteiger partial charge in [-0.2, -0.15) is 0 Å². The summed E-state index contributed by atoms with van der Waals surface area (Å²) in [5, 5.41) is 6.68. The topological polar surface area (TPSA) is 94.0 Å². The highest BCUT2D eigenvalue weighted by Crippen LogP contribution is 2.23.